The Morgan fingerprint density at radius 2 is 1.93 bits per heavy atom. The van der Waals surface area contributed by atoms with Crippen LogP contribution in [0.25, 0.3) is 0 Å². The van der Waals surface area contributed by atoms with E-state index >= 15 is 0 Å². The van der Waals surface area contributed by atoms with Crippen LogP contribution in [-0.2, 0) is 14.3 Å². The van der Waals surface area contributed by atoms with Gasteiger partial charge in [0.15, 0.2) is 24.0 Å². The van der Waals surface area contributed by atoms with Crippen molar-refractivity contribution in [3.05, 3.63) is 35.4 Å². The van der Waals surface area contributed by atoms with Crippen LogP contribution >= 0.6 is 0 Å². The molecule has 0 N–H and O–H groups in total. The minimum Gasteiger partial charge on any atom is -0.457 e. The first-order chi connectivity index (χ1) is 13.3. The van der Waals surface area contributed by atoms with E-state index in [4.69, 9.17) is 4.74 Å². The van der Waals surface area contributed by atoms with Gasteiger partial charge in [-0.3, -0.25) is 14.4 Å². The molecule has 2 fully saturated rings. The molecule has 28 heavy (non-hydrogen) atoms. The highest BCUT2D eigenvalue weighted by Gasteiger charge is 2.42. The molecule has 0 bridgehead atoms. The lowest BCUT2D eigenvalue weighted by Gasteiger charge is -2.39. The van der Waals surface area contributed by atoms with Gasteiger partial charge in [0, 0.05) is 24.6 Å². The number of esters is 1. The largest absolute Gasteiger partial charge is 0.457 e. The van der Waals surface area contributed by atoms with Crippen molar-refractivity contribution in [3.8, 4) is 0 Å². The van der Waals surface area contributed by atoms with Crippen molar-refractivity contribution >= 4 is 17.7 Å². The Hall–Kier alpha value is -2.31. The number of carbonyl (C=O) groups excluding carboxylic acids is 3. The highest BCUT2D eigenvalue weighted by Crippen LogP contribution is 2.35. The molecule has 4 atom stereocenters. The topological polar surface area (TPSA) is 63.7 Å². The second-order valence-corrected chi connectivity index (χ2v) is 7.94. The minimum absolute atomic E-state index is 0.0557. The fourth-order valence-corrected chi connectivity index (χ4v) is 4.21. The van der Waals surface area contributed by atoms with Crippen molar-refractivity contribution < 1.29 is 27.9 Å². The molecule has 1 aliphatic carbocycles. The minimum atomic E-state index is -1.13. The summed E-state index contributed by atoms with van der Waals surface area (Å²) in [6, 6.07) is 2.90. The number of amides is 1. The zero-order valence-electron chi connectivity index (χ0n) is 16.1. The van der Waals surface area contributed by atoms with Gasteiger partial charge in [-0.2, -0.15) is 0 Å². The van der Waals surface area contributed by atoms with Crippen molar-refractivity contribution in [1.82, 2.24) is 4.90 Å². The average Bonchev–Trinajstić information content (AvgIpc) is 3.05. The number of halogens is 2. The maximum atomic E-state index is 13.2. The van der Waals surface area contributed by atoms with Gasteiger partial charge in [-0.15, -0.1) is 0 Å². The number of benzene rings is 1. The van der Waals surface area contributed by atoms with Crippen LogP contribution in [0, 0.1) is 29.4 Å². The number of rotatable bonds is 5. The van der Waals surface area contributed by atoms with Crippen LogP contribution < -0.4 is 0 Å². The zero-order chi connectivity index (χ0) is 20.4. The van der Waals surface area contributed by atoms with Gasteiger partial charge in [-0.1, -0.05) is 26.7 Å². The van der Waals surface area contributed by atoms with Gasteiger partial charge >= 0.3 is 5.97 Å². The summed E-state index contributed by atoms with van der Waals surface area (Å²) in [6.07, 6.45) is 3.23. The maximum absolute atomic E-state index is 13.2. The summed E-state index contributed by atoms with van der Waals surface area (Å²) in [7, 11) is 0. The first-order valence-corrected chi connectivity index (χ1v) is 9.72. The summed E-state index contributed by atoms with van der Waals surface area (Å²) in [5.74, 6) is -3.16. The molecule has 2 aliphatic rings. The van der Waals surface area contributed by atoms with Crippen molar-refractivity contribution in [2.75, 3.05) is 13.2 Å². The van der Waals surface area contributed by atoms with Crippen molar-refractivity contribution in [2.45, 2.75) is 45.6 Å². The summed E-state index contributed by atoms with van der Waals surface area (Å²) >= 11 is 0. The van der Waals surface area contributed by atoms with Crippen LogP contribution in [0.15, 0.2) is 18.2 Å². The fourth-order valence-electron chi connectivity index (χ4n) is 4.21. The molecule has 1 aromatic rings. The lowest BCUT2D eigenvalue weighted by atomic mass is 9.77. The Labute approximate surface area is 163 Å². The predicted molar refractivity (Wildman–Crippen MR) is 97.4 cm³/mol. The quantitative estimate of drug-likeness (QED) is 0.568. The molecule has 3 rings (SSSR count). The van der Waals surface area contributed by atoms with E-state index in [9.17, 15) is 23.2 Å². The normalized spacial score (nSPS) is 27.7. The summed E-state index contributed by atoms with van der Waals surface area (Å²) in [6.45, 7) is 4.07. The van der Waals surface area contributed by atoms with E-state index in [1.165, 1.54) is 0 Å². The second kappa shape index (κ2) is 8.37. The molecule has 1 heterocycles. The van der Waals surface area contributed by atoms with E-state index < -0.39 is 35.9 Å². The smallest absolute Gasteiger partial charge is 0.311 e. The summed E-state index contributed by atoms with van der Waals surface area (Å²) in [5.41, 5.74) is -0.0687. The summed E-state index contributed by atoms with van der Waals surface area (Å²) < 4.78 is 31.2. The van der Waals surface area contributed by atoms with Crippen LogP contribution in [0.2, 0.25) is 0 Å². The van der Waals surface area contributed by atoms with Crippen LogP contribution in [0.4, 0.5) is 8.78 Å². The molecular formula is C21H25F2NO4. The van der Waals surface area contributed by atoms with Crippen LogP contribution in [0.5, 0.6) is 0 Å². The number of hydrogen-bond acceptors (Lipinski definition) is 4. The molecule has 152 valence electrons. The van der Waals surface area contributed by atoms with Crippen LogP contribution in [0.3, 0.4) is 0 Å². The first-order valence-electron chi connectivity index (χ1n) is 9.72. The Kier molecular flexibility index (Phi) is 6.10. The zero-order valence-corrected chi connectivity index (χ0v) is 16.1. The molecule has 0 spiro atoms. The third-order valence-electron chi connectivity index (χ3n) is 6.14. The Balaban J connectivity index is 1.55. The van der Waals surface area contributed by atoms with E-state index in [1.54, 1.807) is 4.90 Å². The number of likely N-dealkylation sites (tertiary alicyclic amines) is 1. The molecule has 5 nitrogen and oxygen atoms in total. The molecule has 1 aromatic carbocycles. The SMILES string of the molecule is C[C@H]1[C@H](C)CCC[C@@H]1N1C[C@@H](C(=O)OCC(=O)c2ccc(F)c(F)c2)CC1=O. The summed E-state index contributed by atoms with van der Waals surface area (Å²) in [5, 5.41) is 0. The molecule has 1 saturated carbocycles. The third-order valence-corrected chi connectivity index (χ3v) is 6.14. The highest BCUT2D eigenvalue weighted by molar-refractivity contribution is 5.98. The Morgan fingerprint density at radius 1 is 1.18 bits per heavy atom. The van der Waals surface area contributed by atoms with Crippen LogP contribution in [-0.4, -0.2) is 41.8 Å². The van der Waals surface area contributed by atoms with Gasteiger partial charge in [0.2, 0.25) is 5.91 Å². The van der Waals surface area contributed by atoms with Gasteiger partial charge in [0.25, 0.3) is 0 Å². The van der Waals surface area contributed by atoms with Gasteiger partial charge in [0.05, 0.1) is 5.92 Å². The summed E-state index contributed by atoms with van der Waals surface area (Å²) in [4.78, 5) is 38.6. The predicted octanol–water partition coefficient (Wildman–Crippen LogP) is 3.36. The number of Topliss-reactive ketones (excluding diaryl/α,β-unsaturated/α-hetero) is 1. The van der Waals surface area contributed by atoms with E-state index in [-0.39, 0.29) is 23.9 Å². The lowest BCUT2D eigenvalue weighted by molar-refractivity contribution is -0.147. The molecule has 1 amide bonds. The molecule has 0 radical (unpaired) electrons. The number of ketones is 1. The molecule has 0 aromatic heterocycles. The van der Waals surface area contributed by atoms with E-state index in [0.717, 1.165) is 37.5 Å². The fraction of sp³-hybridized carbons (Fsp3) is 0.571. The molecule has 1 aliphatic heterocycles. The van der Waals surface area contributed by atoms with E-state index in [2.05, 4.69) is 13.8 Å². The number of nitrogens with zero attached hydrogens (tertiary/aromatic N) is 1. The van der Waals surface area contributed by atoms with Crippen molar-refractivity contribution in [2.24, 2.45) is 17.8 Å². The van der Waals surface area contributed by atoms with Gasteiger partial charge in [0.1, 0.15) is 0 Å². The number of ether oxygens (including phenoxy) is 1. The van der Waals surface area contributed by atoms with Gasteiger partial charge < -0.3 is 9.64 Å². The molecule has 0 unspecified atom stereocenters. The first kappa shape index (κ1) is 20.4. The van der Waals surface area contributed by atoms with Gasteiger partial charge in [-0.25, -0.2) is 8.78 Å². The third kappa shape index (κ3) is 4.23. The van der Waals surface area contributed by atoms with Gasteiger partial charge in [-0.05, 0) is 36.5 Å². The maximum Gasteiger partial charge on any atom is 0.311 e. The second-order valence-electron chi connectivity index (χ2n) is 7.94. The number of hydrogen-bond donors (Lipinski definition) is 0. The molecular weight excluding hydrogens is 368 g/mol. The number of carbonyl (C=O) groups is 3. The molecule has 7 heteroatoms. The van der Waals surface area contributed by atoms with Crippen molar-refractivity contribution in [3.63, 3.8) is 0 Å². The Bertz CT molecular complexity index is 782. The van der Waals surface area contributed by atoms with Crippen LogP contribution in [0.1, 0.15) is 49.9 Å². The Morgan fingerprint density at radius 3 is 2.64 bits per heavy atom. The van der Waals surface area contributed by atoms with Crippen molar-refractivity contribution in [1.29, 1.82) is 0 Å². The standard InChI is InChI=1S/C21H25F2NO4/c1-12-4-3-5-18(13(12)2)24-10-15(9-20(24)26)21(27)28-11-19(25)14-6-7-16(22)17(23)8-14/h6-8,12-13,15,18H,3-5,9-11H2,1-2H3/t12-,13+,15+,18+/m1/s1. The lowest BCUT2D eigenvalue weighted by Crippen LogP contribution is -2.45. The molecule has 1 saturated heterocycles. The van der Waals surface area contributed by atoms with E-state index in [0.29, 0.717) is 18.4 Å². The van der Waals surface area contributed by atoms with E-state index in [1.807, 2.05) is 0 Å². The average molecular weight is 393 g/mol. The monoisotopic (exact) mass is 393 g/mol. The highest BCUT2D eigenvalue weighted by atomic mass is 19.2.